The molecule has 0 fully saturated rings. The molecule has 5 rings (SSSR count). The van der Waals surface area contributed by atoms with Crippen LogP contribution in [-0.4, -0.2) is 49.0 Å². The quantitative estimate of drug-likeness (QED) is 0.0692. The Morgan fingerprint density at radius 1 is 0.345 bits per heavy atom. The fraction of sp³-hybridized carbons (Fsp3) is 0.217. The molecule has 58 heavy (non-hydrogen) atoms. The Balaban J connectivity index is 1.07. The van der Waals surface area contributed by atoms with Crippen LogP contribution in [0, 0.1) is 11.8 Å². The first-order valence-electron chi connectivity index (χ1n) is 18.7. The van der Waals surface area contributed by atoms with Crippen LogP contribution in [0.25, 0.3) is 0 Å². The van der Waals surface area contributed by atoms with E-state index < -0.39 is 35.8 Å². The van der Waals surface area contributed by atoms with Crippen molar-refractivity contribution in [3.8, 4) is 23.0 Å². The lowest BCUT2D eigenvalue weighted by molar-refractivity contribution is 0.0438. The number of carbonyl (C=O) groups excluding carboxylic acids is 6. The van der Waals surface area contributed by atoms with E-state index in [9.17, 15) is 28.8 Å². The second kappa shape index (κ2) is 20.2. The van der Waals surface area contributed by atoms with Crippen LogP contribution in [-0.2, 0) is 9.47 Å². The summed E-state index contributed by atoms with van der Waals surface area (Å²) in [6.45, 7) is 8.65. The average Bonchev–Trinajstić information content (AvgIpc) is 3.25. The highest BCUT2D eigenvalue weighted by Crippen LogP contribution is 2.21. The van der Waals surface area contributed by atoms with Crippen molar-refractivity contribution in [1.82, 2.24) is 0 Å². The van der Waals surface area contributed by atoms with Crippen LogP contribution in [0.4, 0.5) is 0 Å². The van der Waals surface area contributed by atoms with E-state index in [2.05, 4.69) is 0 Å². The maximum atomic E-state index is 12.8. The molecule has 2 atom stereocenters. The monoisotopic (exact) mass is 786 g/mol. The molecule has 0 heterocycles. The summed E-state index contributed by atoms with van der Waals surface area (Å²) in [6.07, 6.45) is 1.79. The fourth-order valence-electron chi connectivity index (χ4n) is 4.88. The van der Waals surface area contributed by atoms with Crippen LogP contribution in [0.15, 0.2) is 121 Å². The highest BCUT2D eigenvalue weighted by atomic mass is 16.6. The first-order valence-corrected chi connectivity index (χ1v) is 18.7. The van der Waals surface area contributed by atoms with Crippen LogP contribution < -0.4 is 18.9 Å². The first-order chi connectivity index (χ1) is 27.9. The van der Waals surface area contributed by atoms with E-state index in [-0.39, 0.29) is 57.1 Å². The van der Waals surface area contributed by atoms with Crippen molar-refractivity contribution >= 4 is 35.8 Å². The number of ether oxygens (including phenoxy) is 6. The number of esters is 6. The van der Waals surface area contributed by atoms with Crippen LogP contribution in [0.1, 0.15) is 103 Å². The standard InChI is InChI=1S/C46H42O12/c1-5-29(3)27-53-41(47)31-11-19-37(20-12-31)57-45(51)35-15-23-39(24-16-35)55-43(49)33-7-9-34(10-8-33)44(50)56-40-25-17-36(18-26-40)46(52)58-38-21-13-32(14-22-38)42(48)54-28-30(4)6-2/h7-26,29-30H,5-6,27-28H2,1-4H3. The lowest BCUT2D eigenvalue weighted by Gasteiger charge is -2.10. The molecule has 0 N–H and O–H groups in total. The van der Waals surface area contributed by atoms with Gasteiger partial charge in [-0.15, -0.1) is 0 Å². The average molecular weight is 787 g/mol. The Hall–Kier alpha value is -7.08. The number of benzene rings is 5. The minimum Gasteiger partial charge on any atom is -0.462 e. The van der Waals surface area contributed by atoms with Gasteiger partial charge >= 0.3 is 35.8 Å². The van der Waals surface area contributed by atoms with E-state index in [1.165, 1.54) is 121 Å². The normalized spacial score (nSPS) is 11.7. The van der Waals surface area contributed by atoms with Crippen molar-refractivity contribution in [3.05, 3.63) is 155 Å². The number of hydrogen-bond donors (Lipinski definition) is 0. The predicted molar refractivity (Wildman–Crippen MR) is 212 cm³/mol. The highest BCUT2D eigenvalue weighted by molar-refractivity contribution is 5.96. The van der Waals surface area contributed by atoms with E-state index >= 15 is 0 Å². The second-order valence-corrected chi connectivity index (χ2v) is 13.5. The molecular weight excluding hydrogens is 744 g/mol. The molecule has 298 valence electrons. The predicted octanol–water partition coefficient (Wildman–Crippen LogP) is 8.97. The zero-order chi connectivity index (χ0) is 41.6. The summed E-state index contributed by atoms with van der Waals surface area (Å²) >= 11 is 0. The minimum atomic E-state index is -0.698. The van der Waals surface area contributed by atoms with Gasteiger partial charge in [-0.3, -0.25) is 0 Å². The molecule has 12 nitrogen and oxygen atoms in total. The molecule has 5 aromatic rings. The van der Waals surface area contributed by atoms with Gasteiger partial charge in [-0.2, -0.15) is 0 Å². The van der Waals surface area contributed by atoms with Gasteiger partial charge in [-0.25, -0.2) is 28.8 Å². The largest absolute Gasteiger partial charge is 0.462 e. The molecule has 0 spiro atoms. The molecule has 0 aromatic heterocycles. The molecule has 0 aliphatic rings. The van der Waals surface area contributed by atoms with Gasteiger partial charge in [0.15, 0.2) is 0 Å². The maximum Gasteiger partial charge on any atom is 0.343 e. The smallest absolute Gasteiger partial charge is 0.343 e. The molecule has 2 unspecified atom stereocenters. The maximum absolute atomic E-state index is 12.8. The number of rotatable bonds is 16. The Labute approximate surface area is 335 Å². The van der Waals surface area contributed by atoms with Gasteiger partial charge in [-0.05, 0) is 133 Å². The third-order valence-electron chi connectivity index (χ3n) is 8.95. The van der Waals surface area contributed by atoms with Crippen LogP contribution in [0.2, 0.25) is 0 Å². The molecule has 5 aromatic carbocycles. The molecule has 0 radical (unpaired) electrons. The van der Waals surface area contributed by atoms with Gasteiger partial charge in [0.05, 0.1) is 46.6 Å². The summed E-state index contributed by atoms with van der Waals surface area (Å²) in [5.41, 5.74) is 1.40. The molecular formula is C46H42O12. The summed E-state index contributed by atoms with van der Waals surface area (Å²) in [6, 6.07) is 29.2. The number of hydrogen-bond acceptors (Lipinski definition) is 12. The molecule has 0 saturated heterocycles. The van der Waals surface area contributed by atoms with Crippen molar-refractivity contribution in [2.45, 2.75) is 40.5 Å². The Morgan fingerprint density at radius 3 is 0.741 bits per heavy atom. The van der Waals surface area contributed by atoms with Crippen molar-refractivity contribution in [1.29, 1.82) is 0 Å². The Bertz CT molecular complexity index is 2050. The molecule has 0 saturated carbocycles. The summed E-state index contributed by atoms with van der Waals surface area (Å²) in [5.74, 6) is -2.28. The molecule has 0 bridgehead atoms. The van der Waals surface area contributed by atoms with Gasteiger partial charge in [0.1, 0.15) is 23.0 Å². The molecule has 0 aliphatic heterocycles. The van der Waals surface area contributed by atoms with E-state index in [0.717, 1.165) is 12.8 Å². The third kappa shape index (κ3) is 12.0. The van der Waals surface area contributed by atoms with Gasteiger partial charge in [-0.1, -0.05) is 40.5 Å². The second-order valence-electron chi connectivity index (χ2n) is 13.5. The third-order valence-corrected chi connectivity index (χ3v) is 8.95. The topological polar surface area (TPSA) is 158 Å². The summed E-state index contributed by atoms with van der Waals surface area (Å²) in [5, 5.41) is 0. The zero-order valence-electron chi connectivity index (χ0n) is 32.4. The Morgan fingerprint density at radius 2 is 0.534 bits per heavy atom. The van der Waals surface area contributed by atoms with Crippen LogP contribution in [0.5, 0.6) is 23.0 Å². The van der Waals surface area contributed by atoms with Crippen molar-refractivity contribution in [2.75, 3.05) is 13.2 Å². The minimum absolute atomic E-state index is 0.159. The number of carbonyl (C=O) groups is 6. The first kappa shape index (κ1) is 42.1. The van der Waals surface area contributed by atoms with Gasteiger partial charge < -0.3 is 28.4 Å². The van der Waals surface area contributed by atoms with Crippen LogP contribution >= 0.6 is 0 Å². The summed E-state index contributed by atoms with van der Waals surface area (Å²) < 4.78 is 32.2. The fourth-order valence-corrected chi connectivity index (χ4v) is 4.88. The van der Waals surface area contributed by atoms with E-state index in [1.807, 2.05) is 27.7 Å². The SMILES string of the molecule is CCC(C)COC(=O)c1ccc(OC(=O)c2ccc(OC(=O)c3ccc(C(=O)Oc4ccc(C(=O)Oc5ccc(C(=O)OCC(C)CC)cc5)cc4)cc3)cc2)cc1. The summed E-state index contributed by atoms with van der Waals surface area (Å²) in [4.78, 5) is 75.4. The van der Waals surface area contributed by atoms with Crippen molar-refractivity contribution in [2.24, 2.45) is 11.8 Å². The van der Waals surface area contributed by atoms with Crippen LogP contribution in [0.3, 0.4) is 0 Å². The summed E-state index contributed by atoms with van der Waals surface area (Å²) in [7, 11) is 0. The lowest BCUT2D eigenvalue weighted by atomic mass is 10.1. The van der Waals surface area contributed by atoms with Crippen molar-refractivity contribution in [3.63, 3.8) is 0 Å². The molecule has 12 heteroatoms. The highest BCUT2D eigenvalue weighted by Gasteiger charge is 2.17. The van der Waals surface area contributed by atoms with Gasteiger partial charge in [0.2, 0.25) is 0 Å². The molecule has 0 aliphatic carbocycles. The lowest BCUT2D eigenvalue weighted by Crippen LogP contribution is -2.12. The van der Waals surface area contributed by atoms with E-state index in [0.29, 0.717) is 24.3 Å². The van der Waals surface area contributed by atoms with Crippen molar-refractivity contribution < 1.29 is 57.2 Å². The van der Waals surface area contributed by atoms with E-state index in [4.69, 9.17) is 28.4 Å². The van der Waals surface area contributed by atoms with E-state index in [1.54, 1.807) is 0 Å². The van der Waals surface area contributed by atoms with Gasteiger partial charge in [0.25, 0.3) is 0 Å². The molecule has 0 amide bonds. The Kier molecular flexibility index (Phi) is 14.6. The zero-order valence-corrected chi connectivity index (χ0v) is 32.4. The van der Waals surface area contributed by atoms with Gasteiger partial charge in [0, 0.05) is 0 Å².